The lowest BCUT2D eigenvalue weighted by Crippen LogP contribution is -2.51. The first kappa shape index (κ1) is 17.1. The zero-order chi connectivity index (χ0) is 16.7. The van der Waals surface area contributed by atoms with Gasteiger partial charge in [-0.2, -0.15) is 5.26 Å². The molecule has 0 aromatic rings. The maximum Gasteiger partial charge on any atom is 0.163 e. The van der Waals surface area contributed by atoms with Crippen LogP contribution < -0.4 is 0 Å². The molecule has 0 amide bonds. The number of rotatable bonds is 4. The van der Waals surface area contributed by atoms with E-state index in [1.807, 2.05) is 20.8 Å². The van der Waals surface area contributed by atoms with E-state index in [4.69, 9.17) is 24.2 Å². The first-order chi connectivity index (χ1) is 10.9. The van der Waals surface area contributed by atoms with E-state index in [-0.39, 0.29) is 36.9 Å². The molecule has 0 bridgehead atoms. The fourth-order valence-corrected chi connectivity index (χ4v) is 3.97. The fourth-order valence-electron chi connectivity index (χ4n) is 3.97. The van der Waals surface area contributed by atoms with Crippen LogP contribution >= 0.6 is 0 Å². The van der Waals surface area contributed by atoms with Crippen molar-refractivity contribution >= 4 is 0 Å². The summed E-state index contributed by atoms with van der Waals surface area (Å²) < 4.78 is 23.9. The van der Waals surface area contributed by atoms with Crippen LogP contribution in [0.25, 0.3) is 0 Å². The lowest BCUT2D eigenvalue weighted by Gasteiger charge is -2.41. The lowest BCUT2D eigenvalue weighted by atomic mass is 9.85. The van der Waals surface area contributed by atoms with Crippen LogP contribution in [0.5, 0.6) is 0 Å². The Hall–Kier alpha value is -0.710. The second-order valence-corrected chi connectivity index (χ2v) is 7.54. The van der Waals surface area contributed by atoms with Gasteiger partial charge < -0.3 is 24.1 Å². The molecule has 6 heteroatoms. The number of hydrogen-bond donors (Lipinski definition) is 1. The molecule has 3 saturated heterocycles. The summed E-state index contributed by atoms with van der Waals surface area (Å²) in [6, 6.07) is 2.25. The zero-order valence-electron chi connectivity index (χ0n) is 14.2. The van der Waals surface area contributed by atoms with Gasteiger partial charge in [0.15, 0.2) is 5.79 Å². The molecule has 23 heavy (non-hydrogen) atoms. The van der Waals surface area contributed by atoms with Gasteiger partial charge in [-0.3, -0.25) is 0 Å². The zero-order valence-corrected chi connectivity index (χ0v) is 14.2. The monoisotopic (exact) mass is 325 g/mol. The quantitative estimate of drug-likeness (QED) is 0.848. The third-order valence-electron chi connectivity index (χ3n) is 5.17. The molecular weight excluding hydrogens is 298 g/mol. The summed E-state index contributed by atoms with van der Waals surface area (Å²) in [5.74, 6) is -0.627. The van der Waals surface area contributed by atoms with Crippen LogP contribution in [-0.2, 0) is 18.9 Å². The van der Waals surface area contributed by atoms with E-state index in [0.717, 1.165) is 12.8 Å². The Morgan fingerprint density at radius 2 is 2.04 bits per heavy atom. The smallest absolute Gasteiger partial charge is 0.163 e. The molecule has 3 aliphatic heterocycles. The second-order valence-electron chi connectivity index (χ2n) is 7.54. The Bertz CT molecular complexity index is 476. The number of nitriles is 1. The first-order valence-corrected chi connectivity index (χ1v) is 8.53. The van der Waals surface area contributed by atoms with Crippen molar-refractivity contribution in [3.05, 3.63) is 0 Å². The van der Waals surface area contributed by atoms with Crippen molar-refractivity contribution in [3.63, 3.8) is 0 Å². The molecule has 0 saturated carbocycles. The normalized spacial score (nSPS) is 43.8. The number of aliphatic hydroxyl groups is 1. The van der Waals surface area contributed by atoms with Crippen LogP contribution in [0.4, 0.5) is 0 Å². The van der Waals surface area contributed by atoms with Gasteiger partial charge in [0.25, 0.3) is 0 Å². The molecule has 0 aliphatic carbocycles. The van der Waals surface area contributed by atoms with Crippen LogP contribution in [0.2, 0.25) is 0 Å². The molecule has 130 valence electrons. The van der Waals surface area contributed by atoms with Crippen LogP contribution in [0, 0.1) is 17.2 Å². The van der Waals surface area contributed by atoms with Crippen LogP contribution in [0.3, 0.4) is 0 Å². The van der Waals surface area contributed by atoms with Crippen molar-refractivity contribution < 1.29 is 24.1 Å². The number of aliphatic hydroxyl groups excluding tert-OH is 1. The summed E-state index contributed by atoms with van der Waals surface area (Å²) in [6.45, 7) is 6.13. The SMILES string of the molecule is C[C@@H](C#N)C[C@H]1CC[C@@H]2O[C@@H]([C@H]3COC(C)(C)O3)C[C@]2(CO)O1. The summed E-state index contributed by atoms with van der Waals surface area (Å²) in [6.07, 6.45) is 2.66. The van der Waals surface area contributed by atoms with Gasteiger partial charge in [-0.15, -0.1) is 0 Å². The largest absolute Gasteiger partial charge is 0.393 e. The van der Waals surface area contributed by atoms with Gasteiger partial charge in [0.1, 0.15) is 11.7 Å². The van der Waals surface area contributed by atoms with E-state index in [9.17, 15) is 5.11 Å². The van der Waals surface area contributed by atoms with E-state index in [0.29, 0.717) is 19.4 Å². The van der Waals surface area contributed by atoms with E-state index < -0.39 is 11.4 Å². The van der Waals surface area contributed by atoms with E-state index in [1.165, 1.54) is 0 Å². The first-order valence-electron chi connectivity index (χ1n) is 8.53. The van der Waals surface area contributed by atoms with Gasteiger partial charge in [-0.25, -0.2) is 0 Å². The maximum absolute atomic E-state index is 9.98. The van der Waals surface area contributed by atoms with Gasteiger partial charge in [-0.05, 0) is 40.0 Å². The van der Waals surface area contributed by atoms with Crippen molar-refractivity contribution in [2.24, 2.45) is 5.92 Å². The summed E-state index contributed by atoms with van der Waals surface area (Å²) >= 11 is 0. The Morgan fingerprint density at radius 1 is 1.26 bits per heavy atom. The van der Waals surface area contributed by atoms with Crippen LogP contribution in [0.1, 0.15) is 46.5 Å². The molecular formula is C17H27NO5. The van der Waals surface area contributed by atoms with Gasteiger partial charge in [-0.1, -0.05) is 0 Å². The van der Waals surface area contributed by atoms with Crippen LogP contribution in [0.15, 0.2) is 0 Å². The minimum atomic E-state index is -0.668. The number of fused-ring (bicyclic) bond motifs is 1. The minimum Gasteiger partial charge on any atom is -0.393 e. The molecule has 3 fully saturated rings. The molecule has 0 aromatic carbocycles. The highest BCUT2D eigenvalue weighted by Crippen LogP contribution is 2.44. The van der Waals surface area contributed by atoms with E-state index in [2.05, 4.69) is 6.07 Å². The second kappa shape index (κ2) is 6.30. The van der Waals surface area contributed by atoms with Crippen molar-refractivity contribution in [2.75, 3.05) is 13.2 Å². The third-order valence-corrected chi connectivity index (χ3v) is 5.17. The molecule has 0 radical (unpaired) electrons. The van der Waals surface area contributed by atoms with Gasteiger partial charge in [0.2, 0.25) is 0 Å². The average Bonchev–Trinajstić information content (AvgIpc) is 3.07. The highest BCUT2D eigenvalue weighted by Gasteiger charge is 2.56. The van der Waals surface area contributed by atoms with Crippen molar-refractivity contribution in [2.45, 2.75) is 82.3 Å². The van der Waals surface area contributed by atoms with Crippen molar-refractivity contribution in [3.8, 4) is 6.07 Å². The molecule has 1 N–H and O–H groups in total. The highest BCUT2D eigenvalue weighted by atomic mass is 16.8. The minimum absolute atomic E-state index is 0.00703. The number of ether oxygens (including phenoxy) is 4. The van der Waals surface area contributed by atoms with Crippen LogP contribution in [-0.4, -0.2) is 54.1 Å². The Labute approximate surface area is 137 Å². The maximum atomic E-state index is 9.98. The van der Waals surface area contributed by atoms with Gasteiger partial charge in [0, 0.05) is 12.3 Å². The number of hydrogen-bond acceptors (Lipinski definition) is 6. The lowest BCUT2D eigenvalue weighted by molar-refractivity contribution is -0.188. The molecule has 0 aromatic heterocycles. The summed E-state index contributed by atoms with van der Waals surface area (Å²) in [5, 5.41) is 19.0. The fraction of sp³-hybridized carbons (Fsp3) is 0.941. The Balaban J connectivity index is 1.66. The summed E-state index contributed by atoms with van der Waals surface area (Å²) in [5.41, 5.74) is -0.668. The average molecular weight is 325 g/mol. The van der Waals surface area contributed by atoms with Crippen molar-refractivity contribution in [1.82, 2.24) is 0 Å². The molecule has 0 unspecified atom stereocenters. The molecule has 3 heterocycles. The summed E-state index contributed by atoms with van der Waals surface area (Å²) in [7, 11) is 0. The predicted molar refractivity (Wildman–Crippen MR) is 81.5 cm³/mol. The van der Waals surface area contributed by atoms with Gasteiger partial charge >= 0.3 is 0 Å². The highest BCUT2D eigenvalue weighted by molar-refractivity contribution is 5.04. The summed E-state index contributed by atoms with van der Waals surface area (Å²) in [4.78, 5) is 0. The van der Waals surface area contributed by atoms with E-state index >= 15 is 0 Å². The molecule has 6 atom stereocenters. The van der Waals surface area contributed by atoms with Gasteiger partial charge in [0.05, 0.1) is 37.6 Å². The predicted octanol–water partition coefficient (Wildman–Crippen LogP) is 1.76. The molecule has 3 aliphatic rings. The standard InChI is InChI=1S/C17H27NO5/c1-11(8-18)6-12-4-5-15-17(10-19,22-12)7-13(21-15)14-9-20-16(2,3)23-14/h11-15,19H,4-7,9-10H2,1-3H3/t11-,12-,13-,14-,15+,17-/m1/s1. The topological polar surface area (TPSA) is 80.9 Å². The molecule has 0 spiro atoms. The molecule has 3 rings (SSSR count). The third kappa shape index (κ3) is 3.40. The Kier molecular flexibility index (Phi) is 4.69. The van der Waals surface area contributed by atoms with Crippen molar-refractivity contribution in [1.29, 1.82) is 5.26 Å². The molecule has 6 nitrogen and oxygen atoms in total. The number of nitrogens with zero attached hydrogens (tertiary/aromatic N) is 1. The Morgan fingerprint density at radius 3 is 2.65 bits per heavy atom. The van der Waals surface area contributed by atoms with E-state index in [1.54, 1.807) is 0 Å².